The number of hydrogen-bond donors (Lipinski definition) is 1. The van der Waals surface area contributed by atoms with E-state index in [0.29, 0.717) is 36.2 Å². The van der Waals surface area contributed by atoms with E-state index in [-0.39, 0.29) is 22.8 Å². The SMILES string of the molecule is COCCOc1c(Cl)cccc1NC(=O)c1ccc(OC)c(S(=O)(=O)N2CCCC2)c1. The van der Waals surface area contributed by atoms with Gasteiger partial charge in [-0.1, -0.05) is 17.7 Å². The van der Waals surface area contributed by atoms with E-state index in [2.05, 4.69) is 5.32 Å². The average molecular weight is 469 g/mol. The third-order valence-electron chi connectivity index (χ3n) is 4.86. The molecule has 1 amide bonds. The molecule has 0 atom stereocenters. The standard InChI is InChI=1S/C21H25ClN2O6S/c1-28-12-13-30-20-16(22)6-5-7-17(20)23-21(25)15-8-9-18(29-2)19(14-15)31(26,27)24-10-3-4-11-24/h5-9,14H,3-4,10-13H2,1-2H3,(H,23,25). The molecule has 1 saturated heterocycles. The summed E-state index contributed by atoms with van der Waals surface area (Å²) in [5.74, 6) is 0.00201. The predicted molar refractivity (Wildman–Crippen MR) is 118 cm³/mol. The highest BCUT2D eigenvalue weighted by molar-refractivity contribution is 7.89. The van der Waals surface area contributed by atoms with Crippen LogP contribution < -0.4 is 14.8 Å². The van der Waals surface area contributed by atoms with E-state index < -0.39 is 15.9 Å². The molecule has 1 N–H and O–H groups in total. The van der Waals surface area contributed by atoms with Gasteiger partial charge in [-0.3, -0.25) is 4.79 Å². The fourth-order valence-corrected chi connectivity index (χ4v) is 5.19. The van der Waals surface area contributed by atoms with Crippen molar-refractivity contribution in [2.24, 2.45) is 0 Å². The Morgan fingerprint density at radius 2 is 1.87 bits per heavy atom. The lowest BCUT2D eigenvalue weighted by atomic mass is 10.2. The van der Waals surface area contributed by atoms with Gasteiger partial charge in [-0.05, 0) is 43.2 Å². The van der Waals surface area contributed by atoms with Crippen LogP contribution in [0.4, 0.5) is 5.69 Å². The Balaban J connectivity index is 1.89. The minimum absolute atomic E-state index is 0.0350. The molecule has 2 aromatic rings. The number of nitrogens with zero attached hydrogens (tertiary/aromatic N) is 1. The number of methoxy groups -OCH3 is 2. The van der Waals surface area contributed by atoms with Gasteiger partial charge in [-0.15, -0.1) is 0 Å². The molecule has 0 spiro atoms. The molecule has 168 valence electrons. The molecule has 0 saturated carbocycles. The molecule has 0 unspecified atom stereocenters. The zero-order valence-electron chi connectivity index (χ0n) is 17.4. The maximum atomic E-state index is 13.1. The van der Waals surface area contributed by atoms with Crippen LogP contribution in [-0.2, 0) is 14.8 Å². The van der Waals surface area contributed by atoms with E-state index in [1.165, 1.54) is 29.6 Å². The first kappa shape index (κ1) is 23.3. The minimum atomic E-state index is -3.77. The van der Waals surface area contributed by atoms with Crippen LogP contribution in [0.1, 0.15) is 23.2 Å². The van der Waals surface area contributed by atoms with Crippen LogP contribution in [0.3, 0.4) is 0 Å². The van der Waals surface area contributed by atoms with Gasteiger partial charge >= 0.3 is 0 Å². The maximum absolute atomic E-state index is 13.1. The normalized spacial score (nSPS) is 14.4. The molecule has 8 nitrogen and oxygen atoms in total. The van der Waals surface area contributed by atoms with Crippen molar-refractivity contribution in [2.45, 2.75) is 17.7 Å². The van der Waals surface area contributed by atoms with Gasteiger partial charge in [-0.25, -0.2) is 8.42 Å². The molecule has 0 aromatic heterocycles. The number of amides is 1. The van der Waals surface area contributed by atoms with Gasteiger partial charge in [0.1, 0.15) is 17.3 Å². The van der Waals surface area contributed by atoms with Gasteiger partial charge < -0.3 is 19.5 Å². The Kier molecular flexibility index (Phi) is 7.77. The van der Waals surface area contributed by atoms with Crippen molar-refractivity contribution in [1.82, 2.24) is 4.31 Å². The highest BCUT2D eigenvalue weighted by Gasteiger charge is 2.30. The van der Waals surface area contributed by atoms with E-state index in [9.17, 15) is 13.2 Å². The Labute approximate surface area is 187 Å². The first-order valence-electron chi connectivity index (χ1n) is 9.78. The van der Waals surface area contributed by atoms with Crippen LogP contribution in [0.25, 0.3) is 0 Å². The lowest BCUT2D eigenvalue weighted by molar-refractivity contribution is 0.102. The Morgan fingerprint density at radius 1 is 1.13 bits per heavy atom. The minimum Gasteiger partial charge on any atom is -0.495 e. The second kappa shape index (κ2) is 10.3. The van der Waals surface area contributed by atoms with Crippen molar-refractivity contribution in [3.8, 4) is 11.5 Å². The summed E-state index contributed by atoms with van der Waals surface area (Å²) in [5.41, 5.74) is 0.537. The highest BCUT2D eigenvalue weighted by atomic mass is 35.5. The molecule has 1 fully saturated rings. The van der Waals surface area contributed by atoms with Gasteiger partial charge in [0.05, 0.1) is 24.4 Å². The highest BCUT2D eigenvalue weighted by Crippen LogP contribution is 2.34. The second-order valence-corrected chi connectivity index (χ2v) is 9.20. The largest absolute Gasteiger partial charge is 0.495 e. The number of para-hydroxylation sites is 1. The number of benzene rings is 2. The van der Waals surface area contributed by atoms with Crippen molar-refractivity contribution in [3.05, 3.63) is 47.0 Å². The van der Waals surface area contributed by atoms with Gasteiger partial charge in [-0.2, -0.15) is 4.31 Å². The maximum Gasteiger partial charge on any atom is 0.255 e. The summed E-state index contributed by atoms with van der Waals surface area (Å²) in [6.45, 7) is 1.51. The number of carbonyl (C=O) groups is 1. The molecule has 10 heteroatoms. The van der Waals surface area contributed by atoms with Crippen LogP contribution in [-0.4, -0.2) is 59.2 Å². The number of hydrogen-bond acceptors (Lipinski definition) is 6. The first-order valence-corrected chi connectivity index (χ1v) is 11.6. The molecule has 1 aliphatic rings. The lowest BCUT2D eigenvalue weighted by Gasteiger charge is -2.18. The van der Waals surface area contributed by atoms with E-state index >= 15 is 0 Å². The zero-order chi connectivity index (χ0) is 22.4. The summed E-state index contributed by atoms with van der Waals surface area (Å²) < 4.78 is 43.4. The van der Waals surface area contributed by atoms with Crippen molar-refractivity contribution < 1.29 is 27.4 Å². The smallest absolute Gasteiger partial charge is 0.255 e. The molecule has 0 aliphatic carbocycles. The molecule has 2 aromatic carbocycles. The van der Waals surface area contributed by atoms with E-state index in [1.807, 2.05) is 0 Å². The van der Waals surface area contributed by atoms with Crippen LogP contribution in [0.5, 0.6) is 11.5 Å². The summed E-state index contributed by atoms with van der Waals surface area (Å²) in [4.78, 5) is 12.9. The van der Waals surface area contributed by atoms with Crippen molar-refractivity contribution >= 4 is 33.2 Å². The fraction of sp³-hybridized carbons (Fsp3) is 0.381. The van der Waals surface area contributed by atoms with Gasteiger partial charge in [0, 0.05) is 25.8 Å². The third-order valence-corrected chi connectivity index (χ3v) is 7.08. The van der Waals surface area contributed by atoms with Crippen LogP contribution >= 0.6 is 11.6 Å². The Bertz CT molecular complexity index is 1040. The van der Waals surface area contributed by atoms with Crippen molar-refractivity contribution in [3.63, 3.8) is 0 Å². The molecule has 3 rings (SSSR count). The van der Waals surface area contributed by atoms with Crippen molar-refractivity contribution in [2.75, 3.05) is 45.8 Å². The number of halogens is 1. The first-order chi connectivity index (χ1) is 14.9. The molecule has 1 heterocycles. The molecule has 1 aliphatic heterocycles. The molecule has 0 radical (unpaired) electrons. The molecular formula is C21H25ClN2O6S. The van der Waals surface area contributed by atoms with Gasteiger partial charge in [0.25, 0.3) is 5.91 Å². The number of rotatable bonds is 9. The summed E-state index contributed by atoms with van der Waals surface area (Å²) in [5, 5.41) is 3.08. The topological polar surface area (TPSA) is 94.2 Å². The average Bonchev–Trinajstić information content (AvgIpc) is 3.31. The van der Waals surface area contributed by atoms with Crippen LogP contribution in [0, 0.1) is 0 Å². The van der Waals surface area contributed by atoms with E-state index in [4.69, 9.17) is 25.8 Å². The van der Waals surface area contributed by atoms with E-state index in [1.54, 1.807) is 25.3 Å². The lowest BCUT2D eigenvalue weighted by Crippen LogP contribution is -2.28. The number of sulfonamides is 1. The van der Waals surface area contributed by atoms with Crippen molar-refractivity contribution in [1.29, 1.82) is 0 Å². The number of ether oxygens (including phenoxy) is 3. The van der Waals surface area contributed by atoms with Crippen LogP contribution in [0.2, 0.25) is 5.02 Å². The Morgan fingerprint density at radius 3 is 2.55 bits per heavy atom. The monoisotopic (exact) mass is 468 g/mol. The summed E-state index contributed by atoms with van der Waals surface area (Å²) in [7, 11) is -0.823. The fourth-order valence-electron chi connectivity index (χ4n) is 3.26. The van der Waals surface area contributed by atoms with Crippen LogP contribution in [0.15, 0.2) is 41.3 Å². The molecule has 0 bridgehead atoms. The zero-order valence-corrected chi connectivity index (χ0v) is 19.0. The second-order valence-electron chi connectivity index (χ2n) is 6.89. The number of carbonyl (C=O) groups excluding carboxylic acids is 1. The molecular weight excluding hydrogens is 444 g/mol. The summed E-state index contributed by atoms with van der Waals surface area (Å²) >= 11 is 6.22. The van der Waals surface area contributed by atoms with E-state index in [0.717, 1.165) is 12.8 Å². The summed E-state index contributed by atoms with van der Waals surface area (Å²) in [6, 6.07) is 9.29. The third kappa shape index (κ3) is 5.30. The van der Waals surface area contributed by atoms with Gasteiger partial charge in [0.15, 0.2) is 5.75 Å². The summed E-state index contributed by atoms with van der Waals surface area (Å²) in [6.07, 6.45) is 1.62. The van der Waals surface area contributed by atoms with Gasteiger partial charge in [0.2, 0.25) is 10.0 Å². The molecule has 31 heavy (non-hydrogen) atoms. The predicted octanol–water partition coefficient (Wildman–Crippen LogP) is 3.41. The quantitative estimate of drug-likeness (QED) is 0.567. The number of anilines is 1. The Hall–Kier alpha value is -2.33. The number of nitrogens with one attached hydrogen (secondary N) is 1.